The lowest BCUT2D eigenvalue weighted by Gasteiger charge is -2.34. The second-order valence-corrected chi connectivity index (χ2v) is 9.65. The van der Waals surface area contributed by atoms with E-state index in [2.05, 4.69) is 4.98 Å². The fourth-order valence-electron chi connectivity index (χ4n) is 4.80. The van der Waals surface area contributed by atoms with Crippen LogP contribution in [0.1, 0.15) is 47.3 Å². The van der Waals surface area contributed by atoms with Crippen LogP contribution in [-0.2, 0) is 16.1 Å². The van der Waals surface area contributed by atoms with Crippen molar-refractivity contribution in [2.24, 2.45) is 0 Å². The molecule has 1 saturated heterocycles. The van der Waals surface area contributed by atoms with Gasteiger partial charge in [-0.3, -0.25) is 14.6 Å². The Morgan fingerprint density at radius 1 is 1.12 bits per heavy atom. The minimum absolute atomic E-state index is 0.00662. The highest BCUT2D eigenvalue weighted by Gasteiger charge is 2.37. The van der Waals surface area contributed by atoms with E-state index in [-0.39, 0.29) is 30.5 Å². The zero-order valence-corrected chi connectivity index (χ0v) is 19.4. The van der Waals surface area contributed by atoms with Crippen molar-refractivity contribution in [3.63, 3.8) is 0 Å². The minimum Gasteiger partial charge on any atom is -0.485 e. The maximum atomic E-state index is 13.5. The Balaban J connectivity index is 1.36. The van der Waals surface area contributed by atoms with Crippen molar-refractivity contribution in [3.05, 3.63) is 40.3 Å². The van der Waals surface area contributed by atoms with Gasteiger partial charge in [-0.2, -0.15) is 0 Å². The normalized spacial score (nSPS) is 21.7. The highest BCUT2D eigenvalue weighted by atomic mass is 32.1. The third kappa shape index (κ3) is 4.99. The molecule has 0 radical (unpaired) electrons. The number of rotatable bonds is 5. The molecule has 2 fully saturated rings. The van der Waals surface area contributed by atoms with E-state index in [9.17, 15) is 9.59 Å². The third-order valence-electron chi connectivity index (χ3n) is 6.50. The summed E-state index contributed by atoms with van der Waals surface area (Å²) in [6, 6.07) is 4.05. The largest absolute Gasteiger partial charge is 0.485 e. The summed E-state index contributed by atoms with van der Waals surface area (Å²) in [6.07, 6.45) is 8.72. The molecule has 3 aliphatic rings. The molecule has 2 amide bonds. The van der Waals surface area contributed by atoms with Gasteiger partial charge in [0.25, 0.3) is 5.91 Å². The van der Waals surface area contributed by atoms with E-state index < -0.39 is 0 Å². The van der Waals surface area contributed by atoms with Gasteiger partial charge in [0.05, 0.1) is 12.7 Å². The van der Waals surface area contributed by atoms with E-state index in [4.69, 9.17) is 14.2 Å². The number of thiophene rings is 1. The molecule has 1 atom stereocenters. The molecular weight excluding hydrogens is 442 g/mol. The third-order valence-corrected chi connectivity index (χ3v) is 7.43. The molecule has 8 nitrogen and oxygen atoms in total. The first-order valence-electron chi connectivity index (χ1n) is 11.7. The number of hydrogen-bond donors (Lipinski definition) is 0. The van der Waals surface area contributed by atoms with Crippen molar-refractivity contribution in [1.29, 1.82) is 0 Å². The molecule has 0 aromatic carbocycles. The van der Waals surface area contributed by atoms with Gasteiger partial charge in [-0.05, 0) is 30.5 Å². The van der Waals surface area contributed by atoms with Crippen molar-refractivity contribution < 1.29 is 23.8 Å². The lowest BCUT2D eigenvalue weighted by molar-refractivity contribution is -0.134. The van der Waals surface area contributed by atoms with E-state index >= 15 is 0 Å². The molecule has 4 heterocycles. The van der Waals surface area contributed by atoms with Gasteiger partial charge in [-0.15, -0.1) is 11.3 Å². The summed E-state index contributed by atoms with van der Waals surface area (Å²) in [7, 11) is 0. The first-order chi connectivity index (χ1) is 16.2. The van der Waals surface area contributed by atoms with Crippen LogP contribution in [0.4, 0.5) is 0 Å². The predicted molar refractivity (Wildman–Crippen MR) is 123 cm³/mol. The first-order valence-corrected chi connectivity index (χ1v) is 12.5. The Morgan fingerprint density at radius 2 is 1.91 bits per heavy atom. The zero-order valence-electron chi connectivity index (χ0n) is 18.6. The van der Waals surface area contributed by atoms with Crippen molar-refractivity contribution in [2.45, 2.75) is 50.9 Å². The lowest BCUT2D eigenvalue weighted by Crippen LogP contribution is -2.46. The van der Waals surface area contributed by atoms with Gasteiger partial charge in [0.2, 0.25) is 5.91 Å². The Morgan fingerprint density at radius 3 is 2.73 bits per heavy atom. The van der Waals surface area contributed by atoms with Gasteiger partial charge in [0.1, 0.15) is 24.6 Å². The Hall–Kier alpha value is -2.65. The van der Waals surface area contributed by atoms with Gasteiger partial charge in [0.15, 0.2) is 11.5 Å². The smallest absolute Gasteiger partial charge is 0.268 e. The fourth-order valence-corrected chi connectivity index (χ4v) is 5.69. The number of aromatic nitrogens is 1. The van der Waals surface area contributed by atoms with Gasteiger partial charge < -0.3 is 24.0 Å². The average Bonchev–Trinajstić information content (AvgIpc) is 3.22. The summed E-state index contributed by atoms with van der Waals surface area (Å²) in [5.74, 6) is 0.882. The van der Waals surface area contributed by atoms with E-state index in [1.54, 1.807) is 22.7 Å². The molecule has 5 rings (SSSR count). The van der Waals surface area contributed by atoms with Crippen LogP contribution in [0.15, 0.2) is 29.9 Å². The summed E-state index contributed by atoms with van der Waals surface area (Å²) in [6.45, 7) is 2.20. The highest BCUT2D eigenvalue weighted by molar-refractivity contribution is 7.12. The van der Waals surface area contributed by atoms with Crippen molar-refractivity contribution in [2.75, 3.05) is 32.8 Å². The van der Waals surface area contributed by atoms with E-state index in [0.29, 0.717) is 49.3 Å². The quantitative estimate of drug-likeness (QED) is 0.667. The minimum atomic E-state index is -0.275. The van der Waals surface area contributed by atoms with Gasteiger partial charge in [0, 0.05) is 36.9 Å². The molecular formula is C24H29N3O5S. The maximum absolute atomic E-state index is 13.5. The summed E-state index contributed by atoms with van der Waals surface area (Å²) in [5.41, 5.74) is 1.01. The van der Waals surface area contributed by atoms with Crippen LogP contribution in [0.3, 0.4) is 0 Å². The van der Waals surface area contributed by atoms with Crippen LogP contribution < -0.4 is 9.47 Å². The van der Waals surface area contributed by atoms with Crippen LogP contribution in [0.5, 0.6) is 11.5 Å². The second kappa shape index (κ2) is 10.1. The number of amides is 2. The molecule has 176 valence electrons. The van der Waals surface area contributed by atoms with Crippen LogP contribution in [0.25, 0.3) is 0 Å². The molecule has 1 saturated carbocycles. The first kappa shape index (κ1) is 22.2. The number of ether oxygens (including phenoxy) is 3. The average molecular weight is 472 g/mol. The molecule has 33 heavy (non-hydrogen) atoms. The summed E-state index contributed by atoms with van der Waals surface area (Å²) in [4.78, 5) is 34.9. The fraction of sp³-hybridized carbons (Fsp3) is 0.542. The van der Waals surface area contributed by atoms with Crippen LogP contribution >= 0.6 is 11.3 Å². The number of fused-ring (bicyclic) bond motifs is 1. The Labute approximate surface area is 197 Å². The molecule has 9 heteroatoms. The van der Waals surface area contributed by atoms with E-state index in [1.807, 2.05) is 17.0 Å². The lowest BCUT2D eigenvalue weighted by atomic mass is 9.94. The van der Waals surface area contributed by atoms with E-state index in [1.165, 1.54) is 17.8 Å². The second-order valence-electron chi connectivity index (χ2n) is 8.77. The highest BCUT2D eigenvalue weighted by Crippen LogP contribution is 2.40. The number of hydrogen-bond acceptors (Lipinski definition) is 7. The van der Waals surface area contributed by atoms with Crippen molar-refractivity contribution >= 4 is 23.2 Å². The topological polar surface area (TPSA) is 81.2 Å². The molecule has 2 aromatic rings. The Bertz CT molecular complexity index is 976. The van der Waals surface area contributed by atoms with Crippen LogP contribution in [0.2, 0.25) is 0 Å². The van der Waals surface area contributed by atoms with Gasteiger partial charge in [-0.1, -0.05) is 19.3 Å². The van der Waals surface area contributed by atoms with E-state index in [0.717, 1.165) is 31.2 Å². The summed E-state index contributed by atoms with van der Waals surface area (Å²) >= 11 is 1.30. The molecule has 0 spiro atoms. The van der Waals surface area contributed by atoms with Crippen molar-refractivity contribution in [1.82, 2.24) is 14.8 Å². The van der Waals surface area contributed by atoms with Crippen molar-refractivity contribution in [3.8, 4) is 11.5 Å². The zero-order chi connectivity index (χ0) is 22.6. The molecule has 0 bridgehead atoms. The summed E-state index contributed by atoms with van der Waals surface area (Å²) < 4.78 is 17.6. The number of carbonyl (C=O) groups is 2. The maximum Gasteiger partial charge on any atom is 0.268 e. The number of carbonyl (C=O) groups excluding carboxylic acids is 2. The molecule has 2 aromatic heterocycles. The Kier molecular flexibility index (Phi) is 6.78. The molecule has 1 unspecified atom stereocenters. The number of nitrogens with zero attached hydrogens (tertiary/aromatic N) is 3. The van der Waals surface area contributed by atoms with Crippen LogP contribution in [-0.4, -0.2) is 71.6 Å². The monoisotopic (exact) mass is 471 g/mol. The van der Waals surface area contributed by atoms with Gasteiger partial charge >= 0.3 is 0 Å². The van der Waals surface area contributed by atoms with Crippen LogP contribution in [0, 0.1) is 0 Å². The molecule has 0 N–H and O–H groups in total. The molecule has 2 aliphatic heterocycles. The summed E-state index contributed by atoms with van der Waals surface area (Å²) in [5, 5.41) is 1.80. The van der Waals surface area contributed by atoms with Gasteiger partial charge in [-0.25, -0.2) is 0 Å². The molecule has 1 aliphatic carbocycles. The number of pyridine rings is 1. The predicted octanol–water partition coefficient (Wildman–Crippen LogP) is 3.12. The SMILES string of the molecule is O=C(c1scc2c1OCCO2)N1CC(=O)N(C2CCCCC2)CC(OCc2ccncc2)C1. The standard InChI is InChI=1S/C24H29N3O5S/c28-21-14-26(24(29)23-22-20(16-33-23)30-10-11-31-22)12-19(32-15-17-6-8-25-9-7-17)13-27(21)18-4-2-1-3-5-18/h6-9,16,18-19H,1-5,10-15H2.